The van der Waals surface area contributed by atoms with Crippen LogP contribution in [0.15, 0.2) is 48.6 Å². The van der Waals surface area contributed by atoms with Gasteiger partial charge in [0.15, 0.2) is 0 Å². The number of allylic oxidation sites excluding steroid dienone is 8. The molecule has 2 aliphatic carbocycles. The fourth-order valence-electron chi connectivity index (χ4n) is 2.28. The van der Waals surface area contributed by atoms with Crippen molar-refractivity contribution in [2.24, 2.45) is 11.8 Å². The van der Waals surface area contributed by atoms with Crippen molar-refractivity contribution >= 4 is 23.3 Å². The molecule has 0 aromatic rings. The zero-order chi connectivity index (χ0) is 9.97. The van der Waals surface area contributed by atoms with Gasteiger partial charge in [0, 0.05) is 0 Å². The molecule has 14 heavy (non-hydrogen) atoms. The van der Waals surface area contributed by atoms with Gasteiger partial charge in [-0.05, 0) is 16.6 Å². The molecule has 0 fully saturated rings. The SMILES string of the molecule is [CH3][Al]([Cl])[CH](C1C=CC=C1)C1C=CC=C1. The van der Waals surface area contributed by atoms with Gasteiger partial charge in [-0.1, -0.05) is 54.4 Å². The molecule has 0 aromatic heterocycles. The third-order valence-electron chi connectivity index (χ3n) is 2.97. The van der Waals surface area contributed by atoms with Gasteiger partial charge in [-0.3, -0.25) is 10.0 Å². The largest absolute Gasteiger partial charge is 0.401 e. The molecule has 0 aromatic carbocycles. The van der Waals surface area contributed by atoms with Crippen LogP contribution in [-0.4, -0.2) is 13.2 Å². The summed E-state index contributed by atoms with van der Waals surface area (Å²) in [6.45, 7) is 0. The minimum absolute atomic E-state index is 0.562. The van der Waals surface area contributed by atoms with Crippen molar-refractivity contribution in [3.8, 4) is 0 Å². The van der Waals surface area contributed by atoms with E-state index in [0.717, 1.165) is 0 Å². The van der Waals surface area contributed by atoms with E-state index in [2.05, 4.69) is 54.4 Å². The normalized spacial score (nSPS) is 20.5. The van der Waals surface area contributed by atoms with Crippen molar-refractivity contribution in [3.63, 3.8) is 0 Å². The number of rotatable bonds is 3. The average Bonchev–Trinajstić information content (AvgIpc) is 2.75. The van der Waals surface area contributed by atoms with Gasteiger partial charge in [0.05, 0.1) is 0 Å². The fourth-order valence-corrected chi connectivity index (χ4v) is 5.03. The number of hydrogen-bond acceptors (Lipinski definition) is 0. The van der Waals surface area contributed by atoms with E-state index in [1.54, 1.807) is 0 Å². The van der Waals surface area contributed by atoms with Crippen LogP contribution < -0.4 is 0 Å². The highest BCUT2D eigenvalue weighted by molar-refractivity contribution is 7.07. The summed E-state index contributed by atoms with van der Waals surface area (Å²) in [4.78, 5) is 0. The van der Waals surface area contributed by atoms with Gasteiger partial charge in [0.25, 0.3) is 0 Å². The zero-order valence-electron chi connectivity index (χ0n) is 8.31. The van der Waals surface area contributed by atoms with Crippen LogP contribution in [0.1, 0.15) is 0 Å². The molecule has 0 heterocycles. The first-order valence-corrected chi connectivity index (χ1v) is 8.70. The summed E-state index contributed by atoms with van der Waals surface area (Å²) in [6.07, 6.45) is 17.6. The smallest absolute Gasteiger partial charge is 0.261 e. The van der Waals surface area contributed by atoms with Gasteiger partial charge < -0.3 is 0 Å². The molecule has 0 saturated carbocycles. The predicted molar refractivity (Wildman–Crippen MR) is 64.8 cm³/mol. The molecule has 0 radical (unpaired) electrons. The van der Waals surface area contributed by atoms with Gasteiger partial charge in [0.1, 0.15) is 0 Å². The highest BCUT2D eigenvalue weighted by Gasteiger charge is 2.33. The van der Waals surface area contributed by atoms with Crippen LogP contribution in [0.4, 0.5) is 0 Å². The Balaban J connectivity index is 2.15. The van der Waals surface area contributed by atoms with Crippen molar-refractivity contribution in [3.05, 3.63) is 48.6 Å². The Hall–Kier alpha value is -0.218. The van der Waals surface area contributed by atoms with Gasteiger partial charge in [-0.25, -0.2) is 0 Å². The van der Waals surface area contributed by atoms with E-state index >= 15 is 0 Å². The van der Waals surface area contributed by atoms with E-state index in [1.807, 2.05) is 0 Å². The fraction of sp³-hybridized carbons (Fsp3) is 0.333. The Morgan fingerprint density at radius 3 is 1.57 bits per heavy atom. The highest BCUT2D eigenvalue weighted by Crippen LogP contribution is 2.38. The van der Waals surface area contributed by atoms with Gasteiger partial charge in [0.2, 0.25) is 0 Å². The molecule has 2 heteroatoms. The average molecular weight is 221 g/mol. The molecule has 0 nitrogen and oxygen atoms in total. The number of halogens is 1. The van der Waals surface area contributed by atoms with Crippen molar-refractivity contribution < 1.29 is 0 Å². The van der Waals surface area contributed by atoms with Crippen LogP contribution in [0.25, 0.3) is 0 Å². The molecule has 0 atom stereocenters. The molecule has 0 amide bonds. The lowest BCUT2D eigenvalue weighted by molar-refractivity contribution is 0.625. The third kappa shape index (κ3) is 2.06. The standard InChI is InChI=1S/C11H11.CH3.Al.ClH/c1-2-6-10(5-1)9-11-7-3-4-8-11;;;/h1-11H;1H3;;1H/q;;+1;/p-1. The number of hydrogen-bond donors (Lipinski definition) is 0. The molecule has 0 spiro atoms. The summed E-state index contributed by atoms with van der Waals surface area (Å²) in [7, 11) is 6.41. The van der Waals surface area contributed by atoms with Crippen LogP contribution in [-0.2, 0) is 0 Å². The van der Waals surface area contributed by atoms with Crippen LogP contribution in [0.2, 0.25) is 10.6 Å². The lowest BCUT2D eigenvalue weighted by Gasteiger charge is -2.25. The molecule has 0 unspecified atom stereocenters. The summed E-state index contributed by atoms with van der Waals surface area (Å²) in [5.41, 5.74) is 0. The maximum Gasteiger partial charge on any atom is 0.401 e. The van der Waals surface area contributed by atoms with Crippen LogP contribution >= 0.6 is 10.0 Å². The summed E-state index contributed by atoms with van der Waals surface area (Å²) >= 11 is -1.12. The van der Waals surface area contributed by atoms with E-state index < -0.39 is 13.2 Å². The molecule has 0 N–H and O–H groups in total. The van der Waals surface area contributed by atoms with Gasteiger partial charge in [-0.2, -0.15) is 0 Å². The summed E-state index contributed by atoms with van der Waals surface area (Å²) < 4.78 is 0.627. The molecule has 2 aliphatic rings. The van der Waals surface area contributed by atoms with Gasteiger partial charge in [-0.15, -0.1) is 0 Å². The van der Waals surface area contributed by atoms with E-state index in [4.69, 9.17) is 10.0 Å². The first-order chi connectivity index (χ1) is 6.79. The Morgan fingerprint density at radius 1 is 0.929 bits per heavy atom. The van der Waals surface area contributed by atoms with Crippen molar-refractivity contribution in [1.82, 2.24) is 0 Å². The Morgan fingerprint density at radius 2 is 1.29 bits per heavy atom. The van der Waals surface area contributed by atoms with Crippen LogP contribution in [0, 0.1) is 11.8 Å². The first kappa shape index (κ1) is 10.3. The molecule has 0 bridgehead atoms. The Bertz CT molecular complexity index is 260. The summed E-state index contributed by atoms with van der Waals surface area (Å²) in [5, 5.41) is 0. The lowest BCUT2D eigenvalue weighted by Crippen LogP contribution is -2.22. The Labute approximate surface area is 94.2 Å². The maximum atomic E-state index is 6.41. The van der Waals surface area contributed by atoms with Crippen molar-refractivity contribution in [1.29, 1.82) is 0 Å². The lowest BCUT2D eigenvalue weighted by atomic mass is 9.95. The van der Waals surface area contributed by atoms with Crippen molar-refractivity contribution in [2.45, 2.75) is 10.6 Å². The molecule has 0 aliphatic heterocycles. The molecular weight excluding hydrogens is 207 g/mol. The quantitative estimate of drug-likeness (QED) is 0.637. The van der Waals surface area contributed by atoms with E-state index in [0.29, 0.717) is 16.6 Å². The van der Waals surface area contributed by atoms with Crippen LogP contribution in [0.5, 0.6) is 0 Å². The Kier molecular flexibility index (Phi) is 3.34. The van der Waals surface area contributed by atoms with Gasteiger partial charge >= 0.3 is 13.2 Å². The minimum Gasteiger partial charge on any atom is -0.261 e. The topological polar surface area (TPSA) is 0 Å². The zero-order valence-corrected chi connectivity index (χ0v) is 10.2. The molecule has 0 saturated heterocycles. The second-order valence-electron chi connectivity index (χ2n) is 3.95. The minimum atomic E-state index is -1.12. The van der Waals surface area contributed by atoms with E-state index in [-0.39, 0.29) is 0 Å². The van der Waals surface area contributed by atoms with E-state index in [9.17, 15) is 0 Å². The monoisotopic (exact) mass is 220 g/mol. The summed E-state index contributed by atoms with van der Waals surface area (Å²) in [5.74, 6) is 3.35. The van der Waals surface area contributed by atoms with Crippen LogP contribution in [0.3, 0.4) is 0 Å². The second-order valence-corrected chi connectivity index (χ2v) is 8.14. The van der Waals surface area contributed by atoms with E-state index in [1.165, 1.54) is 0 Å². The maximum absolute atomic E-state index is 6.41. The summed E-state index contributed by atoms with van der Waals surface area (Å²) in [6, 6.07) is 0. The second kappa shape index (κ2) is 4.53. The molecular formula is C12H14AlCl. The van der Waals surface area contributed by atoms with Crippen molar-refractivity contribution in [2.75, 3.05) is 0 Å². The molecule has 2 rings (SSSR count). The third-order valence-corrected chi connectivity index (χ3v) is 5.80. The molecule has 72 valence electrons. The predicted octanol–water partition coefficient (Wildman–Crippen LogP) is 3.70. The first-order valence-electron chi connectivity index (χ1n) is 5.13. The highest BCUT2D eigenvalue weighted by atomic mass is 35.6.